The van der Waals surface area contributed by atoms with Crippen LogP contribution in [0.3, 0.4) is 0 Å². The van der Waals surface area contributed by atoms with E-state index in [-0.39, 0.29) is 17.5 Å². The molecule has 0 aliphatic carbocycles. The van der Waals surface area contributed by atoms with Crippen LogP contribution in [0.15, 0.2) is 18.2 Å². The zero-order valence-corrected chi connectivity index (χ0v) is 12.4. The number of nitrogens with one attached hydrogen (secondary N) is 1. The van der Waals surface area contributed by atoms with E-state index < -0.39 is 0 Å². The SMILES string of the molecule is Cc1cc(F)cc(C(NN)C2CCOC3(CCOC3)C2)c1. The van der Waals surface area contributed by atoms with E-state index in [2.05, 4.69) is 5.43 Å². The van der Waals surface area contributed by atoms with Crippen molar-refractivity contribution in [3.05, 3.63) is 35.1 Å². The van der Waals surface area contributed by atoms with Gasteiger partial charge in [0.15, 0.2) is 0 Å². The van der Waals surface area contributed by atoms with Crippen molar-refractivity contribution in [2.24, 2.45) is 11.8 Å². The topological polar surface area (TPSA) is 56.5 Å². The molecule has 116 valence electrons. The molecule has 0 saturated carbocycles. The summed E-state index contributed by atoms with van der Waals surface area (Å²) in [7, 11) is 0. The van der Waals surface area contributed by atoms with Crippen LogP contribution in [0.4, 0.5) is 4.39 Å². The Morgan fingerprint density at radius 2 is 2.24 bits per heavy atom. The number of nitrogens with two attached hydrogens (primary N) is 1. The zero-order valence-electron chi connectivity index (χ0n) is 12.4. The van der Waals surface area contributed by atoms with Crippen LogP contribution in [0.25, 0.3) is 0 Å². The van der Waals surface area contributed by atoms with E-state index in [0.717, 1.165) is 37.0 Å². The van der Waals surface area contributed by atoms with Crippen molar-refractivity contribution in [1.82, 2.24) is 5.43 Å². The fourth-order valence-corrected chi connectivity index (χ4v) is 3.66. The Balaban J connectivity index is 1.82. The van der Waals surface area contributed by atoms with Gasteiger partial charge in [0, 0.05) is 25.7 Å². The number of benzene rings is 1. The lowest BCUT2D eigenvalue weighted by Gasteiger charge is -2.40. The second kappa shape index (κ2) is 6.01. The molecular formula is C16H23FN2O2. The van der Waals surface area contributed by atoms with E-state index in [4.69, 9.17) is 15.3 Å². The van der Waals surface area contributed by atoms with Crippen LogP contribution < -0.4 is 11.3 Å². The zero-order chi connectivity index (χ0) is 14.9. The summed E-state index contributed by atoms with van der Waals surface area (Å²) in [5.41, 5.74) is 4.55. The molecule has 0 aromatic heterocycles. The van der Waals surface area contributed by atoms with Crippen LogP contribution in [0.1, 0.15) is 36.4 Å². The molecule has 4 nitrogen and oxygen atoms in total. The molecule has 2 aliphatic heterocycles. The van der Waals surface area contributed by atoms with Gasteiger partial charge in [-0.15, -0.1) is 0 Å². The first-order valence-corrected chi connectivity index (χ1v) is 7.57. The van der Waals surface area contributed by atoms with Crippen LogP contribution in [0.2, 0.25) is 0 Å². The largest absolute Gasteiger partial charge is 0.378 e. The predicted octanol–water partition coefficient (Wildman–Crippen LogP) is 2.22. The van der Waals surface area contributed by atoms with E-state index in [1.165, 1.54) is 6.07 Å². The summed E-state index contributed by atoms with van der Waals surface area (Å²) >= 11 is 0. The lowest BCUT2D eigenvalue weighted by molar-refractivity contribution is -0.103. The molecule has 2 saturated heterocycles. The lowest BCUT2D eigenvalue weighted by Crippen LogP contribution is -2.45. The molecule has 2 fully saturated rings. The van der Waals surface area contributed by atoms with Crippen molar-refractivity contribution < 1.29 is 13.9 Å². The molecule has 3 unspecified atom stereocenters. The molecule has 3 rings (SSSR count). The number of hydrogen-bond donors (Lipinski definition) is 2. The Morgan fingerprint density at radius 1 is 1.38 bits per heavy atom. The van der Waals surface area contributed by atoms with E-state index in [9.17, 15) is 4.39 Å². The summed E-state index contributed by atoms with van der Waals surface area (Å²) in [6, 6.07) is 5.06. The molecule has 0 radical (unpaired) electrons. The van der Waals surface area contributed by atoms with Crippen molar-refractivity contribution in [1.29, 1.82) is 0 Å². The molecule has 5 heteroatoms. The molecule has 2 aliphatic rings. The number of rotatable bonds is 3. The van der Waals surface area contributed by atoms with Crippen LogP contribution in [-0.2, 0) is 9.47 Å². The third-order valence-corrected chi connectivity index (χ3v) is 4.67. The number of hydrazine groups is 1. The average Bonchev–Trinajstić information content (AvgIpc) is 2.86. The van der Waals surface area contributed by atoms with Gasteiger partial charge in [-0.25, -0.2) is 4.39 Å². The maximum absolute atomic E-state index is 13.7. The smallest absolute Gasteiger partial charge is 0.123 e. The highest BCUT2D eigenvalue weighted by Gasteiger charge is 2.43. The maximum Gasteiger partial charge on any atom is 0.123 e. The predicted molar refractivity (Wildman–Crippen MR) is 78.0 cm³/mol. The van der Waals surface area contributed by atoms with Crippen molar-refractivity contribution in [3.8, 4) is 0 Å². The number of aryl methyl sites for hydroxylation is 1. The van der Waals surface area contributed by atoms with Gasteiger partial charge in [-0.1, -0.05) is 6.07 Å². The van der Waals surface area contributed by atoms with Gasteiger partial charge in [0.1, 0.15) is 5.82 Å². The van der Waals surface area contributed by atoms with Crippen LogP contribution in [-0.4, -0.2) is 25.4 Å². The minimum atomic E-state index is -0.212. The van der Waals surface area contributed by atoms with Crippen molar-refractivity contribution >= 4 is 0 Å². The third-order valence-electron chi connectivity index (χ3n) is 4.67. The number of hydrogen-bond acceptors (Lipinski definition) is 4. The molecule has 3 atom stereocenters. The van der Waals surface area contributed by atoms with Crippen LogP contribution >= 0.6 is 0 Å². The van der Waals surface area contributed by atoms with E-state index in [1.807, 2.05) is 13.0 Å². The fraction of sp³-hybridized carbons (Fsp3) is 0.625. The lowest BCUT2D eigenvalue weighted by atomic mass is 9.79. The van der Waals surface area contributed by atoms with Gasteiger partial charge in [-0.3, -0.25) is 11.3 Å². The molecule has 1 spiro atoms. The monoisotopic (exact) mass is 294 g/mol. The summed E-state index contributed by atoms with van der Waals surface area (Å²) < 4.78 is 25.1. The van der Waals surface area contributed by atoms with Gasteiger partial charge < -0.3 is 9.47 Å². The first-order chi connectivity index (χ1) is 10.1. The fourth-order valence-electron chi connectivity index (χ4n) is 3.66. The number of ether oxygens (including phenoxy) is 2. The summed E-state index contributed by atoms with van der Waals surface area (Å²) in [6.45, 7) is 4.02. The van der Waals surface area contributed by atoms with Gasteiger partial charge in [-0.05, 0) is 48.9 Å². The first-order valence-electron chi connectivity index (χ1n) is 7.57. The third kappa shape index (κ3) is 3.11. The average molecular weight is 294 g/mol. The summed E-state index contributed by atoms with van der Waals surface area (Å²) in [6.07, 6.45) is 2.76. The second-order valence-electron chi connectivity index (χ2n) is 6.29. The highest BCUT2D eigenvalue weighted by atomic mass is 19.1. The van der Waals surface area contributed by atoms with Gasteiger partial charge in [-0.2, -0.15) is 0 Å². The standard InChI is InChI=1S/C16H23FN2O2/c1-11-6-13(8-14(17)7-11)15(19-18)12-2-4-21-16(9-12)3-5-20-10-16/h6-8,12,15,19H,2-5,9-10,18H2,1H3. The molecule has 0 amide bonds. The number of halogens is 1. The minimum Gasteiger partial charge on any atom is -0.378 e. The maximum atomic E-state index is 13.7. The minimum absolute atomic E-state index is 0.0548. The molecule has 3 N–H and O–H groups in total. The van der Waals surface area contributed by atoms with Crippen LogP contribution in [0.5, 0.6) is 0 Å². The summed E-state index contributed by atoms with van der Waals surface area (Å²) in [5, 5.41) is 0. The highest BCUT2D eigenvalue weighted by Crippen LogP contribution is 2.40. The Hall–Kier alpha value is -1.01. The van der Waals surface area contributed by atoms with Crippen molar-refractivity contribution in [3.63, 3.8) is 0 Å². The van der Waals surface area contributed by atoms with Gasteiger partial charge in [0.05, 0.1) is 12.2 Å². The van der Waals surface area contributed by atoms with E-state index in [1.54, 1.807) is 6.07 Å². The van der Waals surface area contributed by atoms with Gasteiger partial charge in [0.25, 0.3) is 0 Å². The molecule has 1 aromatic carbocycles. The molecular weight excluding hydrogens is 271 g/mol. The van der Waals surface area contributed by atoms with Crippen LogP contribution in [0, 0.1) is 18.7 Å². The van der Waals surface area contributed by atoms with Gasteiger partial charge >= 0.3 is 0 Å². The summed E-state index contributed by atoms with van der Waals surface area (Å²) in [5.74, 6) is 5.89. The van der Waals surface area contributed by atoms with E-state index in [0.29, 0.717) is 19.1 Å². The molecule has 2 heterocycles. The van der Waals surface area contributed by atoms with Crippen molar-refractivity contribution in [2.75, 3.05) is 19.8 Å². The second-order valence-corrected chi connectivity index (χ2v) is 6.29. The Morgan fingerprint density at radius 3 is 2.90 bits per heavy atom. The van der Waals surface area contributed by atoms with E-state index >= 15 is 0 Å². The molecule has 1 aromatic rings. The van der Waals surface area contributed by atoms with Gasteiger partial charge in [0.2, 0.25) is 0 Å². The molecule has 21 heavy (non-hydrogen) atoms. The van der Waals surface area contributed by atoms with Crippen molar-refractivity contribution in [2.45, 2.75) is 37.8 Å². The Bertz CT molecular complexity index is 483. The normalized spacial score (nSPS) is 30.7. The first kappa shape index (κ1) is 14.9. The molecule has 0 bridgehead atoms. The quantitative estimate of drug-likeness (QED) is 0.663. The Labute approximate surface area is 124 Å². The highest BCUT2D eigenvalue weighted by molar-refractivity contribution is 5.27. The Kier molecular flexibility index (Phi) is 4.26. The summed E-state index contributed by atoms with van der Waals surface area (Å²) in [4.78, 5) is 0.